The van der Waals surface area contributed by atoms with Crippen molar-refractivity contribution in [1.82, 2.24) is 0 Å². The smallest absolute Gasteiger partial charge is 0.0527 e. The van der Waals surface area contributed by atoms with Crippen molar-refractivity contribution in [3.63, 3.8) is 0 Å². The lowest BCUT2D eigenvalue weighted by Crippen LogP contribution is -2.37. The summed E-state index contributed by atoms with van der Waals surface area (Å²) in [5.74, 6) is 2.61. The summed E-state index contributed by atoms with van der Waals surface area (Å²) in [6.07, 6.45) is 10.4. The van der Waals surface area contributed by atoms with Gasteiger partial charge in [-0.3, -0.25) is 0 Å². The van der Waals surface area contributed by atoms with E-state index in [1.54, 1.807) is 0 Å². The van der Waals surface area contributed by atoms with Gasteiger partial charge >= 0.3 is 0 Å². The van der Waals surface area contributed by atoms with Gasteiger partial charge in [0, 0.05) is 6.04 Å². The molecule has 1 aliphatic carbocycles. The molecule has 112 valence electrons. The lowest BCUT2D eigenvalue weighted by atomic mass is 9.85. The second-order valence-corrected chi connectivity index (χ2v) is 8.81. The fraction of sp³-hybridized carbons (Fsp3) is 1.00. The SMILES string of the molecule is CC(O)CC(N)C1CCPC(CC2CCCC2C)C1. The third-order valence-corrected chi connectivity index (χ3v) is 7.01. The van der Waals surface area contributed by atoms with E-state index in [-0.39, 0.29) is 12.1 Å². The molecule has 2 fully saturated rings. The quantitative estimate of drug-likeness (QED) is 0.761. The Kier molecular flexibility index (Phi) is 6.11. The largest absolute Gasteiger partial charge is 0.393 e. The Morgan fingerprint density at radius 1 is 1.32 bits per heavy atom. The number of hydrogen-bond donors (Lipinski definition) is 2. The minimum absolute atomic E-state index is 0.216. The van der Waals surface area contributed by atoms with E-state index in [1.807, 2.05) is 6.92 Å². The first kappa shape index (κ1) is 15.7. The maximum absolute atomic E-state index is 9.51. The molecule has 7 atom stereocenters. The van der Waals surface area contributed by atoms with E-state index >= 15 is 0 Å². The van der Waals surface area contributed by atoms with Gasteiger partial charge in [0.1, 0.15) is 0 Å². The molecule has 0 bridgehead atoms. The molecule has 3 heteroatoms. The highest BCUT2D eigenvalue weighted by Crippen LogP contribution is 2.43. The van der Waals surface area contributed by atoms with Crippen molar-refractivity contribution < 1.29 is 5.11 Å². The Hall–Kier alpha value is 0.350. The Bertz CT molecular complexity index is 271. The van der Waals surface area contributed by atoms with Gasteiger partial charge in [-0.1, -0.05) is 26.2 Å². The van der Waals surface area contributed by atoms with Crippen LogP contribution in [0.3, 0.4) is 0 Å². The van der Waals surface area contributed by atoms with E-state index in [4.69, 9.17) is 5.73 Å². The number of aliphatic hydroxyl groups excluding tert-OH is 1. The fourth-order valence-corrected chi connectivity index (χ4v) is 6.02. The Morgan fingerprint density at radius 2 is 2.11 bits per heavy atom. The molecule has 3 N–H and O–H groups in total. The highest BCUT2D eigenvalue weighted by Gasteiger charge is 2.31. The van der Waals surface area contributed by atoms with Crippen molar-refractivity contribution in [3.8, 4) is 0 Å². The molecule has 0 aromatic heterocycles. The van der Waals surface area contributed by atoms with Gasteiger partial charge in [-0.05, 0) is 62.2 Å². The minimum atomic E-state index is -0.243. The predicted octanol–water partition coefficient (Wildman–Crippen LogP) is 3.37. The maximum atomic E-state index is 9.51. The normalized spacial score (nSPS) is 40.4. The molecule has 2 nitrogen and oxygen atoms in total. The molecular weight excluding hydrogens is 253 g/mol. The third kappa shape index (κ3) is 4.69. The molecule has 0 aromatic carbocycles. The zero-order valence-corrected chi connectivity index (χ0v) is 13.6. The zero-order chi connectivity index (χ0) is 13.8. The molecule has 2 rings (SSSR count). The van der Waals surface area contributed by atoms with Gasteiger partial charge in [-0.15, -0.1) is 8.58 Å². The molecule has 0 spiro atoms. The number of hydrogen-bond acceptors (Lipinski definition) is 2. The van der Waals surface area contributed by atoms with E-state index in [1.165, 1.54) is 53.3 Å². The molecule has 0 aromatic rings. The average molecular weight is 285 g/mol. The first-order valence-electron chi connectivity index (χ1n) is 8.23. The summed E-state index contributed by atoms with van der Waals surface area (Å²) in [5, 5.41) is 9.51. The van der Waals surface area contributed by atoms with Crippen LogP contribution in [0, 0.1) is 17.8 Å². The second kappa shape index (κ2) is 7.38. The van der Waals surface area contributed by atoms with Gasteiger partial charge in [0.2, 0.25) is 0 Å². The van der Waals surface area contributed by atoms with Gasteiger partial charge in [0.25, 0.3) is 0 Å². The fourth-order valence-electron chi connectivity index (χ4n) is 4.13. The molecule has 2 aliphatic rings. The third-order valence-electron chi connectivity index (χ3n) is 5.38. The zero-order valence-electron chi connectivity index (χ0n) is 12.6. The van der Waals surface area contributed by atoms with Crippen LogP contribution in [0.25, 0.3) is 0 Å². The van der Waals surface area contributed by atoms with Gasteiger partial charge < -0.3 is 10.8 Å². The summed E-state index contributed by atoms with van der Waals surface area (Å²) in [4.78, 5) is 0. The highest BCUT2D eigenvalue weighted by atomic mass is 31.1. The lowest BCUT2D eigenvalue weighted by molar-refractivity contribution is 0.158. The van der Waals surface area contributed by atoms with Crippen molar-refractivity contribution in [1.29, 1.82) is 0 Å². The number of aliphatic hydroxyl groups is 1. The van der Waals surface area contributed by atoms with E-state index in [0.717, 1.165) is 23.9 Å². The van der Waals surface area contributed by atoms with Crippen LogP contribution in [0.2, 0.25) is 0 Å². The molecule has 0 radical (unpaired) electrons. The Morgan fingerprint density at radius 3 is 2.74 bits per heavy atom. The minimum Gasteiger partial charge on any atom is -0.393 e. The first-order valence-corrected chi connectivity index (χ1v) is 9.51. The molecule has 1 heterocycles. The van der Waals surface area contributed by atoms with Crippen molar-refractivity contribution in [2.24, 2.45) is 23.5 Å². The summed E-state index contributed by atoms with van der Waals surface area (Å²) < 4.78 is 0. The van der Waals surface area contributed by atoms with Gasteiger partial charge in [-0.25, -0.2) is 0 Å². The number of nitrogens with two attached hydrogens (primary N) is 1. The van der Waals surface area contributed by atoms with Crippen LogP contribution < -0.4 is 5.73 Å². The molecule has 0 amide bonds. The summed E-state index contributed by atoms with van der Waals surface area (Å²) in [6.45, 7) is 4.31. The number of rotatable bonds is 5. The Balaban J connectivity index is 1.79. The van der Waals surface area contributed by atoms with Crippen molar-refractivity contribution >= 4 is 8.58 Å². The van der Waals surface area contributed by atoms with Crippen molar-refractivity contribution in [2.75, 3.05) is 6.16 Å². The van der Waals surface area contributed by atoms with Crippen LogP contribution in [-0.2, 0) is 0 Å². The van der Waals surface area contributed by atoms with Crippen LogP contribution in [0.1, 0.15) is 58.8 Å². The molecule has 7 unspecified atom stereocenters. The molecule has 1 saturated heterocycles. The summed E-state index contributed by atoms with van der Waals surface area (Å²) in [5.41, 5.74) is 7.22. The first-order chi connectivity index (χ1) is 9.06. The van der Waals surface area contributed by atoms with Crippen LogP contribution in [0.5, 0.6) is 0 Å². The van der Waals surface area contributed by atoms with Crippen molar-refractivity contribution in [3.05, 3.63) is 0 Å². The standard InChI is InChI=1S/C16H32NOP/c1-11-4-3-5-13(11)9-15-10-14(6-7-19-15)16(17)8-12(2)18/h11-16,18-19H,3-10,17H2,1-2H3. The van der Waals surface area contributed by atoms with Crippen LogP contribution in [0.15, 0.2) is 0 Å². The van der Waals surface area contributed by atoms with E-state index in [9.17, 15) is 5.11 Å². The molecule has 19 heavy (non-hydrogen) atoms. The average Bonchev–Trinajstić information content (AvgIpc) is 2.75. The molecular formula is C16H32NOP. The topological polar surface area (TPSA) is 46.2 Å². The Labute approximate surface area is 120 Å². The summed E-state index contributed by atoms with van der Waals surface area (Å²) in [7, 11) is 1.17. The second-order valence-electron chi connectivity index (χ2n) is 7.09. The van der Waals surface area contributed by atoms with Crippen LogP contribution in [0.4, 0.5) is 0 Å². The van der Waals surface area contributed by atoms with Crippen molar-refractivity contribution in [2.45, 2.75) is 76.6 Å². The van der Waals surface area contributed by atoms with E-state index < -0.39 is 0 Å². The molecule has 1 saturated carbocycles. The van der Waals surface area contributed by atoms with Gasteiger partial charge in [0.15, 0.2) is 0 Å². The van der Waals surface area contributed by atoms with Crippen LogP contribution in [-0.4, -0.2) is 29.1 Å². The van der Waals surface area contributed by atoms with Gasteiger partial charge in [-0.2, -0.15) is 0 Å². The van der Waals surface area contributed by atoms with Gasteiger partial charge in [0.05, 0.1) is 6.10 Å². The summed E-state index contributed by atoms with van der Waals surface area (Å²) in [6, 6.07) is 0.216. The van der Waals surface area contributed by atoms with Crippen LogP contribution >= 0.6 is 8.58 Å². The monoisotopic (exact) mass is 285 g/mol. The predicted molar refractivity (Wildman–Crippen MR) is 85.1 cm³/mol. The molecule has 1 aliphatic heterocycles. The summed E-state index contributed by atoms with van der Waals surface area (Å²) >= 11 is 0. The lowest BCUT2D eigenvalue weighted by Gasteiger charge is -2.35. The van der Waals surface area contributed by atoms with E-state index in [0.29, 0.717) is 5.92 Å². The highest BCUT2D eigenvalue weighted by molar-refractivity contribution is 7.38. The van der Waals surface area contributed by atoms with E-state index in [2.05, 4.69) is 6.92 Å². The maximum Gasteiger partial charge on any atom is 0.0527 e.